The van der Waals surface area contributed by atoms with E-state index in [1.54, 1.807) is 29.1 Å². The zero-order chi connectivity index (χ0) is 12.4. The minimum absolute atomic E-state index is 0.0541. The summed E-state index contributed by atoms with van der Waals surface area (Å²) in [4.78, 5) is 4.17. The van der Waals surface area contributed by atoms with Gasteiger partial charge in [-0.3, -0.25) is 5.84 Å². The number of benzene rings is 1. The highest BCUT2D eigenvalue weighted by Crippen LogP contribution is 2.28. The van der Waals surface area contributed by atoms with Crippen molar-refractivity contribution in [2.45, 2.75) is 6.04 Å². The number of aromatic nitrogens is 2. The third kappa shape index (κ3) is 2.17. The van der Waals surface area contributed by atoms with Gasteiger partial charge in [0.25, 0.3) is 0 Å². The normalized spacial score (nSPS) is 12.7. The van der Waals surface area contributed by atoms with Crippen LogP contribution in [-0.2, 0) is 7.05 Å². The SMILES string of the molecule is Cn1ccnc1C(NN)c1cccc(F)c1Cl. The number of nitrogens with zero attached hydrogens (tertiary/aromatic N) is 2. The van der Waals surface area contributed by atoms with E-state index in [1.165, 1.54) is 6.07 Å². The number of hydrogen-bond donors (Lipinski definition) is 2. The molecule has 3 N–H and O–H groups in total. The lowest BCUT2D eigenvalue weighted by Crippen LogP contribution is -2.31. The lowest BCUT2D eigenvalue weighted by Gasteiger charge is -2.17. The van der Waals surface area contributed by atoms with E-state index in [-0.39, 0.29) is 5.02 Å². The summed E-state index contributed by atoms with van der Waals surface area (Å²) in [5.74, 6) is 5.69. The fourth-order valence-electron chi connectivity index (χ4n) is 1.70. The van der Waals surface area contributed by atoms with Gasteiger partial charge in [0, 0.05) is 19.4 Å². The molecule has 17 heavy (non-hydrogen) atoms. The first-order chi connectivity index (χ1) is 8.15. The molecule has 2 rings (SSSR count). The highest BCUT2D eigenvalue weighted by Gasteiger charge is 2.20. The second-order valence-electron chi connectivity index (χ2n) is 3.64. The van der Waals surface area contributed by atoms with Gasteiger partial charge in [0.15, 0.2) is 0 Å². The van der Waals surface area contributed by atoms with Crippen molar-refractivity contribution < 1.29 is 4.39 Å². The monoisotopic (exact) mass is 254 g/mol. The Labute approximate surface area is 103 Å². The molecule has 0 saturated carbocycles. The third-order valence-corrected chi connectivity index (χ3v) is 2.97. The van der Waals surface area contributed by atoms with Gasteiger partial charge >= 0.3 is 0 Å². The third-order valence-electron chi connectivity index (χ3n) is 2.58. The van der Waals surface area contributed by atoms with Crippen LogP contribution in [0, 0.1) is 5.82 Å². The number of hydrazine groups is 1. The summed E-state index contributed by atoms with van der Waals surface area (Å²) in [7, 11) is 1.83. The molecule has 6 heteroatoms. The van der Waals surface area contributed by atoms with Crippen molar-refractivity contribution in [3.8, 4) is 0 Å². The highest BCUT2D eigenvalue weighted by atomic mass is 35.5. The predicted octanol–water partition coefficient (Wildman–Crippen LogP) is 1.77. The van der Waals surface area contributed by atoms with Crippen LogP contribution in [0.1, 0.15) is 17.4 Å². The van der Waals surface area contributed by atoms with Crippen LogP contribution in [0.2, 0.25) is 5.02 Å². The van der Waals surface area contributed by atoms with Gasteiger partial charge in [-0.05, 0) is 11.6 Å². The fourth-order valence-corrected chi connectivity index (χ4v) is 1.94. The van der Waals surface area contributed by atoms with Crippen molar-refractivity contribution in [3.05, 3.63) is 52.8 Å². The molecule has 0 amide bonds. The number of nitrogens with two attached hydrogens (primary N) is 1. The summed E-state index contributed by atoms with van der Waals surface area (Å²) < 4.78 is 15.2. The summed E-state index contributed by atoms with van der Waals surface area (Å²) in [6.07, 6.45) is 3.43. The molecule has 0 bridgehead atoms. The molecule has 1 atom stereocenters. The molecule has 2 aromatic rings. The van der Waals surface area contributed by atoms with Gasteiger partial charge in [0.05, 0.1) is 5.02 Å². The highest BCUT2D eigenvalue weighted by molar-refractivity contribution is 6.31. The van der Waals surface area contributed by atoms with E-state index in [2.05, 4.69) is 10.4 Å². The minimum Gasteiger partial charge on any atom is -0.336 e. The maximum Gasteiger partial charge on any atom is 0.142 e. The molecule has 0 aliphatic rings. The molecule has 0 aliphatic carbocycles. The van der Waals surface area contributed by atoms with E-state index >= 15 is 0 Å². The number of nitrogens with one attached hydrogen (secondary N) is 1. The van der Waals surface area contributed by atoms with Crippen molar-refractivity contribution in [1.82, 2.24) is 15.0 Å². The number of rotatable bonds is 3. The lowest BCUT2D eigenvalue weighted by atomic mass is 10.1. The first-order valence-electron chi connectivity index (χ1n) is 5.02. The van der Waals surface area contributed by atoms with Crippen LogP contribution >= 0.6 is 11.6 Å². The lowest BCUT2D eigenvalue weighted by molar-refractivity contribution is 0.570. The molecule has 1 aromatic carbocycles. The van der Waals surface area contributed by atoms with Gasteiger partial charge in [0.2, 0.25) is 0 Å². The summed E-state index contributed by atoms with van der Waals surface area (Å²) in [5.41, 5.74) is 3.15. The Balaban J connectivity index is 2.50. The van der Waals surface area contributed by atoms with Crippen LogP contribution in [0.15, 0.2) is 30.6 Å². The molecule has 0 spiro atoms. The van der Waals surface area contributed by atoms with Crippen molar-refractivity contribution >= 4 is 11.6 Å². The molecule has 4 nitrogen and oxygen atoms in total. The Bertz CT molecular complexity index is 526. The first kappa shape index (κ1) is 12.0. The zero-order valence-electron chi connectivity index (χ0n) is 9.19. The Hall–Kier alpha value is -1.43. The van der Waals surface area contributed by atoms with Crippen molar-refractivity contribution in [3.63, 3.8) is 0 Å². The van der Waals surface area contributed by atoms with Crippen LogP contribution in [0.5, 0.6) is 0 Å². The summed E-state index contributed by atoms with van der Waals surface area (Å²) in [6.45, 7) is 0. The van der Waals surface area contributed by atoms with Crippen molar-refractivity contribution in [2.75, 3.05) is 0 Å². The number of hydrogen-bond acceptors (Lipinski definition) is 3. The number of halogens is 2. The van der Waals surface area contributed by atoms with E-state index in [0.717, 1.165) is 0 Å². The van der Waals surface area contributed by atoms with E-state index in [9.17, 15) is 4.39 Å². The van der Waals surface area contributed by atoms with Gasteiger partial charge in [-0.1, -0.05) is 23.7 Å². The quantitative estimate of drug-likeness (QED) is 0.648. The molecular weight excluding hydrogens is 243 g/mol. The van der Waals surface area contributed by atoms with E-state index in [1.807, 2.05) is 7.05 Å². The molecule has 1 heterocycles. The Morgan fingerprint density at radius 2 is 2.29 bits per heavy atom. The largest absolute Gasteiger partial charge is 0.336 e. The molecular formula is C11H12ClFN4. The topological polar surface area (TPSA) is 55.9 Å². The summed E-state index contributed by atoms with van der Waals surface area (Å²) >= 11 is 5.93. The van der Waals surface area contributed by atoms with Gasteiger partial charge in [0.1, 0.15) is 17.7 Å². The number of imidazole rings is 1. The Kier molecular flexibility index (Phi) is 3.42. The maximum atomic E-state index is 13.4. The van der Waals surface area contributed by atoms with Crippen LogP contribution in [0.25, 0.3) is 0 Å². The van der Waals surface area contributed by atoms with Crippen molar-refractivity contribution in [1.29, 1.82) is 0 Å². The zero-order valence-corrected chi connectivity index (χ0v) is 9.95. The van der Waals surface area contributed by atoms with Crippen LogP contribution < -0.4 is 11.3 Å². The van der Waals surface area contributed by atoms with Gasteiger partial charge in [-0.25, -0.2) is 14.8 Å². The standard InChI is InChI=1S/C11H12ClFN4/c1-17-6-5-15-11(17)10(16-14)7-3-2-4-8(13)9(7)12/h2-6,10,16H,14H2,1H3. The second-order valence-corrected chi connectivity index (χ2v) is 4.02. The molecule has 1 unspecified atom stereocenters. The minimum atomic E-state index is -0.473. The molecule has 0 saturated heterocycles. The van der Waals surface area contributed by atoms with Crippen molar-refractivity contribution in [2.24, 2.45) is 12.9 Å². The maximum absolute atomic E-state index is 13.4. The average molecular weight is 255 g/mol. The first-order valence-corrected chi connectivity index (χ1v) is 5.40. The van der Waals surface area contributed by atoms with E-state index < -0.39 is 11.9 Å². The van der Waals surface area contributed by atoms with Gasteiger partial charge in [-0.15, -0.1) is 0 Å². The van der Waals surface area contributed by atoms with Gasteiger partial charge in [-0.2, -0.15) is 0 Å². The Morgan fingerprint density at radius 1 is 1.53 bits per heavy atom. The average Bonchev–Trinajstić information content (AvgIpc) is 2.72. The predicted molar refractivity (Wildman–Crippen MR) is 63.8 cm³/mol. The Morgan fingerprint density at radius 3 is 2.88 bits per heavy atom. The smallest absolute Gasteiger partial charge is 0.142 e. The molecule has 0 radical (unpaired) electrons. The molecule has 1 aromatic heterocycles. The van der Waals surface area contributed by atoms with Crippen LogP contribution in [-0.4, -0.2) is 9.55 Å². The summed E-state index contributed by atoms with van der Waals surface area (Å²) in [5, 5.41) is 0.0541. The molecule has 0 aliphatic heterocycles. The van der Waals surface area contributed by atoms with E-state index in [0.29, 0.717) is 11.4 Å². The fraction of sp³-hybridized carbons (Fsp3) is 0.182. The van der Waals surface area contributed by atoms with Crippen LogP contribution in [0.4, 0.5) is 4.39 Å². The second kappa shape index (κ2) is 4.83. The molecule has 0 fully saturated rings. The number of aryl methyl sites for hydroxylation is 1. The van der Waals surface area contributed by atoms with Crippen LogP contribution in [0.3, 0.4) is 0 Å². The van der Waals surface area contributed by atoms with Gasteiger partial charge < -0.3 is 4.57 Å². The molecule has 90 valence electrons. The van der Waals surface area contributed by atoms with E-state index in [4.69, 9.17) is 17.4 Å². The summed E-state index contributed by atoms with van der Waals surface area (Å²) in [6, 6.07) is 4.16.